The van der Waals surface area contributed by atoms with E-state index in [0.717, 1.165) is 24.9 Å². The highest BCUT2D eigenvalue weighted by Gasteiger charge is 2.26. The summed E-state index contributed by atoms with van der Waals surface area (Å²) in [5.74, 6) is -0.0118. The van der Waals surface area contributed by atoms with Crippen LogP contribution in [0.5, 0.6) is 0 Å². The predicted molar refractivity (Wildman–Crippen MR) is 101 cm³/mol. The topological polar surface area (TPSA) is 87.5 Å². The Bertz CT molecular complexity index is 541. The van der Waals surface area contributed by atoms with Crippen molar-refractivity contribution in [1.82, 2.24) is 15.5 Å². The number of nitrogens with two attached hydrogens (primary N) is 1. The Hall–Kier alpha value is -1.63. The van der Waals surface area contributed by atoms with Gasteiger partial charge in [0.15, 0.2) is 0 Å². The van der Waals surface area contributed by atoms with Gasteiger partial charge in [0.2, 0.25) is 11.8 Å². The van der Waals surface area contributed by atoms with E-state index in [2.05, 4.69) is 15.5 Å². The van der Waals surface area contributed by atoms with Crippen LogP contribution in [-0.2, 0) is 9.59 Å². The van der Waals surface area contributed by atoms with Gasteiger partial charge in [-0.3, -0.25) is 14.5 Å². The molecule has 0 aliphatic carbocycles. The molecular formula is C18H29ClN4O2. The number of amides is 2. The van der Waals surface area contributed by atoms with Gasteiger partial charge >= 0.3 is 0 Å². The molecule has 4 N–H and O–H groups in total. The standard InChI is InChI=1S/C18H28N4O2.ClH/c1-14(15-6-3-2-4-7-15)21-17(23)13-22-11-5-8-16(12-22)18(24)20-10-9-19;/h2-4,6-7,14,16H,5,8-13,19H2,1H3,(H,20,24)(H,21,23);1H. The number of halogens is 1. The summed E-state index contributed by atoms with van der Waals surface area (Å²) in [5, 5.41) is 5.86. The number of likely N-dealkylation sites (tertiary alicyclic amines) is 1. The third-order valence-corrected chi connectivity index (χ3v) is 4.36. The summed E-state index contributed by atoms with van der Waals surface area (Å²) >= 11 is 0. The molecule has 1 fully saturated rings. The third kappa shape index (κ3) is 7.02. The lowest BCUT2D eigenvalue weighted by Crippen LogP contribution is -2.47. The van der Waals surface area contributed by atoms with Crippen molar-refractivity contribution in [2.45, 2.75) is 25.8 Å². The van der Waals surface area contributed by atoms with Gasteiger partial charge in [0.25, 0.3) is 0 Å². The molecule has 0 spiro atoms. The van der Waals surface area contributed by atoms with Gasteiger partial charge in [-0.15, -0.1) is 12.4 Å². The van der Waals surface area contributed by atoms with Gasteiger partial charge in [-0.25, -0.2) is 0 Å². The molecule has 2 amide bonds. The SMILES string of the molecule is CC(NC(=O)CN1CCCC(C(=O)NCCN)C1)c1ccccc1.Cl. The van der Waals surface area contributed by atoms with Crippen molar-refractivity contribution in [2.75, 3.05) is 32.7 Å². The van der Waals surface area contributed by atoms with Gasteiger partial charge in [0, 0.05) is 19.6 Å². The highest BCUT2D eigenvalue weighted by atomic mass is 35.5. The molecule has 0 saturated carbocycles. The molecule has 0 bridgehead atoms. The van der Waals surface area contributed by atoms with Crippen LogP contribution < -0.4 is 16.4 Å². The van der Waals surface area contributed by atoms with E-state index in [1.165, 1.54) is 0 Å². The Balaban J connectivity index is 0.00000312. The number of hydrogen-bond acceptors (Lipinski definition) is 4. The lowest BCUT2D eigenvalue weighted by molar-refractivity contribution is -0.129. The van der Waals surface area contributed by atoms with E-state index < -0.39 is 0 Å². The van der Waals surface area contributed by atoms with Gasteiger partial charge in [-0.2, -0.15) is 0 Å². The molecule has 1 heterocycles. The first-order chi connectivity index (χ1) is 11.6. The zero-order chi connectivity index (χ0) is 17.4. The number of carbonyl (C=O) groups excluding carboxylic acids is 2. The molecule has 1 aromatic carbocycles. The van der Waals surface area contributed by atoms with Gasteiger partial charge < -0.3 is 16.4 Å². The fourth-order valence-electron chi connectivity index (χ4n) is 3.07. The molecule has 1 saturated heterocycles. The van der Waals surface area contributed by atoms with Crippen molar-refractivity contribution in [1.29, 1.82) is 0 Å². The molecule has 2 unspecified atom stereocenters. The fourth-order valence-corrected chi connectivity index (χ4v) is 3.07. The maximum absolute atomic E-state index is 12.3. The van der Waals surface area contributed by atoms with Crippen molar-refractivity contribution in [2.24, 2.45) is 11.7 Å². The summed E-state index contributed by atoms with van der Waals surface area (Å²) < 4.78 is 0. The summed E-state index contributed by atoms with van der Waals surface area (Å²) in [5.41, 5.74) is 6.50. The molecule has 2 rings (SSSR count). The second-order valence-electron chi connectivity index (χ2n) is 6.35. The van der Waals surface area contributed by atoms with Crippen LogP contribution in [0.25, 0.3) is 0 Å². The minimum Gasteiger partial charge on any atom is -0.355 e. The Labute approximate surface area is 155 Å². The Morgan fingerprint density at radius 2 is 2.04 bits per heavy atom. The van der Waals surface area contributed by atoms with E-state index in [1.54, 1.807) is 0 Å². The zero-order valence-corrected chi connectivity index (χ0v) is 15.6. The molecule has 6 nitrogen and oxygen atoms in total. The number of rotatable bonds is 7. The second kappa shape index (κ2) is 11.1. The summed E-state index contributed by atoms with van der Waals surface area (Å²) in [7, 11) is 0. The maximum Gasteiger partial charge on any atom is 0.234 e. The van der Waals surface area contributed by atoms with E-state index in [4.69, 9.17) is 5.73 Å². The molecule has 25 heavy (non-hydrogen) atoms. The van der Waals surface area contributed by atoms with Gasteiger partial charge in [0.05, 0.1) is 18.5 Å². The Kier molecular flexibility index (Phi) is 9.49. The van der Waals surface area contributed by atoms with Crippen LogP contribution >= 0.6 is 12.4 Å². The van der Waals surface area contributed by atoms with Gasteiger partial charge in [-0.1, -0.05) is 30.3 Å². The van der Waals surface area contributed by atoms with Crippen LogP contribution in [0.2, 0.25) is 0 Å². The first-order valence-electron chi connectivity index (χ1n) is 8.64. The van der Waals surface area contributed by atoms with E-state index in [1.807, 2.05) is 37.3 Å². The maximum atomic E-state index is 12.3. The largest absolute Gasteiger partial charge is 0.355 e. The van der Waals surface area contributed by atoms with E-state index >= 15 is 0 Å². The van der Waals surface area contributed by atoms with Crippen molar-refractivity contribution < 1.29 is 9.59 Å². The number of nitrogens with one attached hydrogen (secondary N) is 2. The van der Waals surface area contributed by atoms with Crippen LogP contribution in [-0.4, -0.2) is 49.4 Å². The quantitative estimate of drug-likeness (QED) is 0.672. The smallest absolute Gasteiger partial charge is 0.234 e. The van der Waals surface area contributed by atoms with Crippen molar-refractivity contribution in [3.63, 3.8) is 0 Å². The van der Waals surface area contributed by atoms with Crippen molar-refractivity contribution >= 4 is 24.2 Å². The molecule has 0 radical (unpaired) electrons. The summed E-state index contributed by atoms with van der Waals surface area (Å²) in [6, 6.07) is 9.88. The number of benzene rings is 1. The van der Waals surface area contributed by atoms with Crippen molar-refractivity contribution in [3.05, 3.63) is 35.9 Å². The minimum absolute atomic E-state index is 0. The first kappa shape index (κ1) is 21.4. The summed E-state index contributed by atoms with van der Waals surface area (Å²) in [6.45, 7) is 4.74. The lowest BCUT2D eigenvalue weighted by atomic mass is 9.97. The average molecular weight is 369 g/mol. The van der Waals surface area contributed by atoms with E-state index in [0.29, 0.717) is 26.2 Å². The molecule has 140 valence electrons. The van der Waals surface area contributed by atoms with E-state index in [9.17, 15) is 9.59 Å². The van der Waals surface area contributed by atoms with Crippen LogP contribution in [0, 0.1) is 5.92 Å². The molecule has 1 aliphatic heterocycles. The molecular weight excluding hydrogens is 340 g/mol. The highest BCUT2D eigenvalue weighted by molar-refractivity contribution is 5.85. The zero-order valence-electron chi connectivity index (χ0n) is 14.7. The number of carbonyl (C=O) groups is 2. The van der Waals surface area contributed by atoms with Gasteiger partial charge in [0.1, 0.15) is 0 Å². The monoisotopic (exact) mass is 368 g/mol. The first-order valence-corrected chi connectivity index (χ1v) is 8.64. The minimum atomic E-state index is -0.0513. The van der Waals surface area contributed by atoms with Gasteiger partial charge in [-0.05, 0) is 31.9 Å². The highest BCUT2D eigenvalue weighted by Crippen LogP contribution is 2.17. The van der Waals surface area contributed by atoms with Crippen LogP contribution in [0.3, 0.4) is 0 Å². The molecule has 1 aliphatic rings. The van der Waals surface area contributed by atoms with Crippen LogP contribution in [0.4, 0.5) is 0 Å². The van der Waals surface area contributed by atoms with Crippen molar-refractivity contribution in [3.8, 4) is 0 Å². The van der Waals surface area contributed by atoms with Crippen LogP contribution in [0.1, 0.15) is 31.4 Å². The molecule has 1 aromatic rings. The number of hydrogen-bond donors (Lipinski definition) is 3. The Morgan fingerprint density at radius 3 is 2.72 bits per heavy atom. The molecule has 2 atom stereocenters. The summed E-state index contributed by atoms with van der Waals surface area (Å²) in [6.07, 6.45) is 1.80. The Morgan fingerprint density at radius 1 is 1.32 bits per heavy atom. The van der Waals surface area contributed by atoms with Crippen LogP contribution in [0.15, 0.2) is 30.3 Å². The normalized spacial score (nSPS) is 18.7. The lowest BCUT2D eigenvalue weighted by Gasteiger charge is -2.31. The predicted octanol–water partition coefficient (Wildman–Crippen LogP) is 1.07. The number of piperidine rings is 1. The summed E-state index contributed by atoms with van der Waals surface area (Å²) in [4.78, 5) is 26.4. The molecule has 0 aromatic heterocycles. The van der Waals surface area contributed by atoms with E-state index in [-0.39, 0.29) is 36.2 Å². The number of nitrogens with zero attached hydrogens (tertiary/aromatic N) is 1. The molecule has 7 heteroatoms. The third-order valence-electron chi connectivity index (χ3n) is 4.36. The average Bonchev–Trinajstić information content (AvgIpc) is 2.60. The fraction of sp³-hybridized carbons (Fsp3) is 0.556. The second-order valence-corrected chi connectivity index (χ2v) is 6.35.